The van der Waals surface area contributed by atoms with Crippen LogP contribution in [0.2, 0.25) is 0 Å². The lowest BCUT2D eigenvalue weighted by Gasteiger charge is -2.38. The Balaban J connectivity index is 2.51. The SMILES string of the molecule is CCOC1N(C)C(=O)C(C#N)=NN1c1cccc(C(F)(F)F)c1. The van der Waals surface area contributed by atoms with Crippen molar-refractivity contribution in [2.24, 2.45) is 5.10 Å². The summed E-state index contributed by atoms with van der Waals surface area (Å²) in [5, 5.41) is 13.9. The summed E-state index contributed by atoms with van der Waals surface area (Å²) in [5.74, 6) is -0.658. The second kappa shape index (κ2) is 6.26. The number of nitrogens with zero attached hydrogens (tertiary/aromatic N) is 4. The predicted molar refractivity (Wildman–Crippen MR) is 75.2 cm³/mol. The molecule has 1 aromatic carbocycles. The highest BCUT2D eigenvalue weighted by molar-refractivity contribution is 6.45. The summed E-state index contributed by atoms with van der Waals surface area (Å²) in [6.45, 7) is 1.88. The fourth-order valence-corrected chi connectivity index (χ4v) is 2.04. The molecule has 6 nitrogen and oxygen atoms in total. The Morgan fingerprint density at radius 2 is 2.13 bits per heavy atom. The third-order valence-electron chi connectivity index (χ3n) is 3.13. The van der Waals surface area contributed by atoms with Gasteiger partial charge in [-0.1, -0.05) is 6.07 Å². The number of nitriles is 1. The molecule has 0 saturated carbocycles. The van der Waals surface area contributed by atoms with Crippen molar-refractivity contribution in [1.29, 1.82) is 5.26 Å². The molecule has 1 aliphatic heterocycles. The van der Waals surface area contributed by atoms with Crippen LogP contribution in [0.15, 0.2) is 29.4 Å². The molecule has 0 aromatic heterocycles. The summed E-state index contributed by atoms with van der Waals surface area (Å²) in [6.07, 6.45) is -5.55. The molecule has 0 spiro atoms. The highest BCUT2D eigenvalue weighted by Crippen LogP contribution is 2.33. The number of carbonyl (C=O) groups excluding carboxylic acids is 1. The summed E-state index contributed by atoms with van der Waals surface area (Å²) in [4.78, 5) is 13.0. The van der Waals surface area contributed by atoms with Crippen LogP contribution in [0.1, 0.15) is 12.5 Å². The maximum atomic E-state index is 12.9. The number of rotatable bonds is 3. The quantitative estimate of drug-likeness (QED) is 0.854. The second-order valence-electron chi connectivity index (χ2n) is 4.65. The van der Waals surface area contributed by atoms with Crippen molar-refractivity contribution < 1.29 is 22.7 Å². The van der Waals surface area contributed by atoms with Gasteiger partial charge in [0.25, 0.3) is 5.91 Å². The third-order valence-corrected chi connectivity index (χ3v) is 3.13. The van der Waals surface area contributed by atoms with Gasteiger partial charge in [0.05, 0.1) is 11.3 Å². The molecule has 1 aliphatic rings. The fraction of sp³-hybridized carbons (Fsp3) is 0.357. The Kier molecular flexibility index (Phi) is 4.56. The minimum absolute atomic E-state index is 0.0605. The Hall–Kier alpha value is -2.60. The van der Waals surface area contributed by atoms with Gasteiger partial charge in [-0.15, -0.1) is 0 Å². The van der Waals surface area contributed by atoms with Crippen LogP contribution >= 0.6 is 0 Å². The monoisotopic (exact) mass is 326 g/mol. The number of hydrogen-bond donors (Lipinski definition) is 0. The number of hydrogen-bond acceptors (Lipinski definition) is 5. The first kappa shape index (κ1) is 16.8. The molecular formula is C14H13F3N4O2. The molecule has 1 aromatic rings. The van der Waals surface area contributed by atoms with E-state index in [9.17, 15) is 18.0 Å². The van der Waals surface area contributed by atoms with Crippen LogP contribution in [0, 0.1) is 11.3 Å². The molecule has 1 atom stereocenters. The van der Waals surface area contributed by atoms with Crippen LogP contribution < -0.4 is 5.01 Å². The molecule has 0 radical (unpaired) electrons. The van der Waals surface area contributed by atoms with E-state index < -0.39 is 29.7 Å². The third kappa shape index (κ3) is 3.27. The average molecular weight is 326 g/mol. The maximum Gasteiger partial charge on any atom is 0.416 e. The van der Waals surface area contributed by atoms with Crippen molar-refractivity contribution in [2.75, 3.05) is 18.7 Å². The van der Waals surface area contributed by atoms with E-state index in [0.29, 0.717) is 0 Å². The smallest absolute Gasteiger partial charge is 0.339 e. The van der Waals surface area contributed by atoms with Gasteiger partial charge in [-0.2, -0.15) is 23.5 Å². The zero-order valence-corrected chi connectivity index (χ0v) is 12.3. The van der Waals surface area contributed by atoms with Crippen molar-refractivity contribution in [3.8, 4) is 6.07 Å². The molecule has 0 N–H and O–H groups in total. The van der Waals surface area contributed by atoms with E-state index in [1.807, 2.05) is 0 Å². The van der Waals surface area contributed by atoms with E-state index in [0.717, 1.165) is 22.0 Å². The maximum absolute atomic E-state index is 12.9. The lowest BCUT2D eigenvalue weighted by atomic mass is 10.2. The van der Waals surface area contributed by atoms with Crippen molar-refractivity contribution >= 4 is 17.3 Å². The van der Waals surface area contributed by atoms with Gasteiger partial charge in [0, 0.05) is 13.7 Å². The topological polar surface area (TPSA) is 68.9 Å². The minimum Gasteiger partial charge on any atom is -0.339 e. The first-order valence-electron chi connectivity index (χ1n) is 6.63. The van der Waals surface area contributed by atoms with E-state index in [4.69, 9.17) is 10.00 Å². The normalized spacial score (nSPS) is 18.7. The van der Waals surface area contributed by atoms with Gasteiger partial charge in [0.1, 0.15) is 6.07 Å². The summed E-state index contributed by atoms with van der Waals surface area (Å²) < 4.78 is 44.0. The van der Waals surface area contributed by atoms with Gasteiger partial charge < -0.3 is 4.74 Å². The average Bonchev–Trinajstić information content (AvgIpc) is 2.51. The summed E-state index contributed by atoms with van der Waals surface area (Å²) in [7, 11) is 1.38. The molecule has 122 valence electrons. The number of ether oxygens (including phenoxy) is 1. The van der Waals surface area contributed by atoms with Gasteiger partial charge >= 0.3 is 6.18 Å². The molecule has 1 heterocycles. The molecule has 1 unspecified atom stereocenters. The van der Waals surface area contributed by atoms with Crippen LogP contribution in [0.5, 0.6) is 0 Å². The molecule has 0 fully saturated rings. The standard InChI is InChI=1S/C14H13F3N4O2/c1-3-23-13-20(2)12(22)11(8-18)19-21(13)10-6-4-5-9(7-10)14(15,16)17/h4-7,13H,3H2,1-2H3. The van der Waals surface area contributed by atoms with Gasteiger partial charge in [-0.3, -0.25) is 9.69 Å². The lowest BCUT2D eigenvalue weighted by molar-refractivity contribution is -0.139. The Morgan fingerprint density at radius 3 is 2.70 bits per heavy atom. The summed E-state index contributed by atoms with van der Waals surface area (Å²) in [5.41, 5.74) is -1.23. The molecule has 0 aliphatic carbocycles. The van der Waals surface area contributed by atoms with E-state index >= 15 is 0 Å². The van der Waals surface area contributed by atoms with E-state index in [2.05, 4.69) is 5.10 Å². The summed E-state index contributed by atoms with van der Waals surface area (Å²) in [6, 6.07) is 6.05. The molecule has 2 rings (SSSR count). The Bertz CT molecular complexity index is 681. The zero-order valence-electron chi connectivity index (χ0n) is 12.3. The summed E-state index contributed by atoms with van der Waals surface area (Å²) >= 11 is 0. The molecule has 9 heteroatoms. The number of benzene rings is 1. The molecule has 0 bridgehead atoms. The number of halogens is 3. The van der Waals surface area contributed by atoms with Gasteiger partial charge in [0.2, 0.25) is 12.1 Å². The highest BCUT2D eigenvalue weighted by atomic mass is 19.4. The van der Waals surface area contributed by atoms with Crippen molar-refractivity contribution in [3.63, 3.8) is 0 Å². The van der Waals surface area contributed by atoms with Crippen LogP contribution in [-0.4, -0.2) is 36.5 Å². The van der Waals surface area contributed by atoms with Crippen LogP contribution in [0.25, 0.3) is 0 Å². The van der Waals surface area contributed by atoms with Crippen molar-refractivity contribution in [1.82, 2.24) is 4.90 Å². The Morgan fingerprint density at radius 1 is 1.43 bits per heavy atom. The molecule has 23 heavy (non-hydrogen) atoms. The minimum atomic E-state index is -4.52. The number of anilines is 1. The first-order valence-corrected chi connectivity index (χ1v) is 6.63. The van der Waals surface area contributed by atoms with Crippen LogP contribution in [0.3, 0.4) is 0 Å². The van der Waals surface area contributed by atoms with E-state index in [1.165, 1.54) is 19.2 Å². The Labute approximate surface area is 130 Å². The fourth-order valence-electron chi connectivity index (χ4n) is 2.04. The predicted octanol–water partition coefficient (Wildman–Crippen LogP) is 2.18. The number of amides is 1. The van der Waals surface area contributed by atoms with Gasteiger partial charge in [-0.25, -0.2) is 5.01 Å². The zero-order chi connectivity index (χ0) is 17.2. The highest BCUT2D eigenvalue weighted by Gasteiger charge is 2.37. The van der Waals surface area contributed by atoms with Crippen LogP contribution in [0.4, 0.5) is 18.9 Å². The molecular weight excluding hydrogens is 313 g/mol. The molecule has 1 amide bonds. The van der Waals surface area contributed by atoms with Crippen molar-refractivity contribution in [3.05, 3.63) is 29.8 Å². The largest absolute Gasteiger partial charge is 0.416 e. The van der Waals surface area contributed by atoms with E-state index in [-0.39, 0.29) is 12.3 Å². The van der Waals surface area contributed by atoms with Crippen LogP contribution in [-0.2, 0) is 15.7 Å². The second-order valence-corrected chi connectivity index (χ2v) is 4.65. The van der Waals surface area contributed by atoms with Gasteiger partial charge in [0.15, 0.2) is 0 Å². The number of alkyl halides is 3. The van der Waals surface area contributed by atoms with Gasteiger partial charge in [-0.05, 0) is 25.1 Å². The molecule has 0 saturated heterocycles. The lowest BCUT2D eigenvalue weighted by Crippen LogP contribution is -2.55. The van der Waals surface area contributed by atoms with E-state index in [1.54, 1.807) is 13.0 Å². The first-order chi connectivity index (χ1) is 10.8. The number of hydrazone groups is 1. The van der Waals surface area contributed by atoms with Crippen molar-refractivity contribution in [2.45, 2.75) is 19.5 Å². The number of carbonyl (C=O) groups is 1.